The number of nitrogens with zero attached hydrogens (tertiary/aromatic N) is 4. The molecule has 2 fully saturated rings. The number of hydrogen-bond acceptors (Lipinski definition) is 8. The number of rotatable bonds is 5. The molecule has 2 N–H and O–H groups in total. The lowest BCUT2D eigenvalue weighted by atomic mass is 10.0. The van der Waals surface area contributed by atoms with Gasteiger partial charge in [0.1, 0.15) is 12.2 Å². The lowest BCUT2D eigenvalue weighted by molar-refractivity contribution is -0.0327. The van der Waals surface area contributed by atoms with Crippen LogP contribution in [-0.4, -0.2) is 77.4 Å². The van der Waals surface area contributed by atoms with Gasteiger partial charge in [-0.1, -0.05) is 17.3 Å². The molecular formula is C21H22F4N6O2S2. The van der Waals surface area contributed by atoms with E-state index in [4.69, 9.17) is 4.52 Å². The summed E-state index contributed by atoms with van der Waals surface area (Å²) in [6.45, 7) is 1.31. The fraction of sp³-hybridized carbons (Fsp3) is 0.476. The highest BCUT2D eigenvalue weighted by Gasteiger charge is 2.36. The van der Waals surface area contributed by atoms with E-state index in [2.05, 4.69) is 20.8 Å². The third kappa shape index (κ3) is 4.91. The predicted octanol–water partition coefficient (Wildman–Crippen LogP) is 4.71. The Hall–Kier alpha value is -2.58. The summed E-state index contributed by atoms with van der Waals surface area (Å²) in [5.41, 5.74) is -3.98. The summed E-state index contributed by atoms with van der Waals surface area (Å²) in [6.07, 6.45) is -0.529. The van der Waals surface area contributed by atoms with Gasteiger partial charge in [-0.25, -0.2) is 9.18 Å². The molecule has 5 rings (SSSR count). The summed E-state index contributed by atoms with van der Waals surface area (Å²) in [5, 5.41) is 10.2. The molecule has 2 aliphatic heterocycles. The van der Waals surface area contributed by atoms with Crippen molar-refractivity contribution in [2.75, 3.05) is 39.0 Å². The van der Waals surface area contributed by atoms with Crippen LogP contribution < -0.4 is 10.6 Å². The number of alkyl halides is 4. The van der Waals surface area contributed by atoms with E-state index in [0.29, 0.717) is 28.7 Å². The van der Waals surface area contributed by atoms with Crippen LogP contribution in [0.25, 0.3) is 20.8 Å². The number of fused-ring (bicyclic) bond motifs is 1. The number of likely N-dealkylation sites (N-methyl/N-ethyl adjacent to an activating group) is 1. The van der Waals surface area contributed by atoms with Gasteiger partial charge in [0.2, 0.25) is 5.82 Å². The minimum Gasteiger partial charge on any atom is -0.378 e. The molecular weight excluding hydrogens is 508 g/mol. The zero-order chi connectivity index (χ0) is 24.9. The first kappa shape index (κ1) is 24.1. The Balaban J connectivity index is 1.53. The number of amides is 2. The second-order valence-corrected chi connectivity index (χ2v) is 10.7. The number of thiophene rings is 1. The topological polar surface area (TPSA) is 86.5 Å². The Kier molecular flexibility index (Phi) is 6.30. The Bertz CT molecular complexity index is 1250. The van der Waals surface area contributed by atoms with Crippen LogP contribution in [0.4, 0.5) is 28.0 Å². The number of urea groups is 1. The summed E-state index contributed by atoms with van der Waals surface area (Å²) >= 11 is 0.851. The smallest absolute Gasteiger partial charge is 0.378 e. The fourth-order valence-electron chi connectivity index (χ4n) is 4.26. The van der Waals surface area contributed by atoms with Crippen molar-refractivity contribution in [3.63, 3.8) is 0 Å². The van der Waals surface area contributed by atoms with Crippen molar-refractivity contribution >= 4 is 44.9 Å². The highest BCUT2D eigenvalue weighted by atomic mass is 32.2. The third-order valence-corrected chi connectivity index (χ3v) is 8.24. The number of likely N-dealkylation sites (tertiary alicyclic amines) is 1. The quantitative estimate of drug-likeness (QED) is 0.365. The molecule has 3 aromatic rings. The minimum atomic E-state index is -4.54. The molecule has 0 bridgehead atoms. The van der Waals surface area contributed by atoms with Crippen LogP contribution in [0.2, 0.25) is 0 Å². The van der Waals surface area contributed by atoms with Crippen molar-refractivity contribution in [3.8, 4) is 10.7 Å². The molecule has 0 saturated carbocycles. The average Bonchev–Trinajstić information content (AvgIpc) is 3.48. The fourth-order valence-corrected chi connectivity index (χ4v) is 6.37. The van der Waals surface area contributed by atoms with E-state index in [1.165, 1.54) is 4.90 Å². The van der Waals surface area contributed by atoms with Gasteiger partial charge in [0, 0.05) is 30.4 Å². The number of carbonyl (C=O) groups excluding carboxylic acids is 1. The maximum atomic E-state index is 14.6. The number of halogens is 4. The summed E-state index contributed by atoms with van der Waals surface area (Å²) in [4.78, 5) is 19.6. The predicted molar refractivity (Wildman–Crippen MR) is 125 cm³/mol. The van der Waals surface area contributed by atoms with E-state index in [9.17, 15) is 22.4 Å². The van der Waals surface area contributed by atoms with E-state index in [-0.39, 0.29) is 45.8 Å². The van der Waals surface area contributed by atoms with Gasteiger partial charge < -0.3 is 25.0 Å². The molecule has 1 aromatic carbocycles. The van der Waals surface area contributed by atoms with Gasteiger partial charge in [0.05, 0.1) is 27.9 Å². The van der Waals surface area contributed by atoms with Crippen LogP contribution in [0.3, 0.4) is 0 Å². The molecule has 8 nitrogen and oxygen atoms in total. The molecule has 0 radical (unpaired) electrons. The number of piperidine rings is 1. The summed E-state index contributed by atoms with van der Waals surface area (Å²) in [5.74, 6) is 0.119. The van der Waals surface area contributed by atoms with Gasteiger partial charge >= 0.3 is 11.5 Å². The van der Waals surface area contributed by atoms with Gasteiger partial charge in [0.25, 0.3) is 5.89 Å². The highest BCUT2D eigenvalue weighted by Crippen LogP contribution is 2.50. The van der Waals surface area contributed by atoms with Crippen LogP contribution >= 0.6 is 23.1 Å². The Morgan fingerprint density at radius 3 is 2.77 bits per heavy atom. The van der Waals surface area contributed by atoms with Crippen molar-refractivity contribution in [3.05, 3.63) is 24.1 Å². The van der Waals surface area contributed by atoms with Gasteiger partial charge in [-0.05, 0) is 31.3 Å². The second kappa shape index (κ2) is 9.13. The first-order chi connectivity index (χ1) is 16.6. The summed E-state index contributed by atoms with van der Waals surface area (Å²) in [6, 6.07) is 3.69. The molecule has 2 aromatic heterocycles. The van der Waals surface area contributed by atoms with Gasteiger partial charge in [-0.15, -0.1) is 11.3 Å². The van der Waals surface area contributed by atoms with Crippen molar-refractivity contribution in [1.29, 1.82) is 0 Å². The summed E-state index contributed by atoms with van der Waals surface area (Å²) < 4.78 is 61.1. The van der Waals surface area contributed by atoms with Crippen molar-refractivity contribution in [2.45, 2.75) is 35.1 Å². The summed E-state index contributed by atoms with van der Waals surface area (Å²) in [7, 11) is 3.46. The molecule has 0 spiro atoms. The van der Waals surface area contributed by atoms with Gasteiger partial charge in [-0.2, -0.15) is 18.2 Å². The SMILES string of the molecule is CN1CC[C@@H](Nc2cccc3c(SC(F)(F)F)c(-c4noc([C@@H]5CN(C)C(=O)N5)n4)sc23)[C@@H](F)C1. The van der Waals surface area contributed by atoms with E-state index in [1.807, 2.05) is 11.9 Å². The molecule has 3 atom stereocenters. The average molecular weight is 531 g/mol. The number of thioether (sulfide) groups is 1. The molecule has 2 amide bonds. The van der Waals surface area contributed by atoms with E-state index in [0.717, 1.165) is 17.9 Å². The number of aromatic nitrogens is 2. The third-order valence-electron chi connectivity index (χ3n) is 6.02. The standard InChI is InChI=1S/C21H22F4N6O2S2/c1-30-7-6-12(11(22)8-30)26-13-5-3-4-10-15(13)34-17(16(10)35-21(23,24)25)18-28-19(33-29-18)14-9-31(2)20(32)27-14/h3-5,11-12,14,26H,6-9H2,1-2H3,(H,27,32)/t11-,12+,14-/m0/s1. The molecule has 4 heterocycles. The molecule has 14 heteroatoms. The van der Waals surface area contributed by atoms with E-state index < -0.39 is 23.8 Å². The molecule has 0 aliphatic carbocycles. The van der Waals surface area contributed by atoms with Crippen LogP contribution in [0, 0.1) is 0 Å². The van der Waals surface area contributed by atoms with Gasteiger partial charge in [0.15, 0.2) is 0 Å². The van der Waals surface area contributed by atoms with Crippen LogP contribution in [-0.2, 0) is 0 Å². The first-order valence-electron chi connectivity index (χ1n) is 10.8. The lowest BCUT2D eigenvalue weighted by Crippen LogP contribution is -2.46. The largest absolute Gasteiger partial charge is 0.446 e. The number of anilines is 1. The van der Waals surface area contributed by atoms with Gasteiger partial charge in [-0.3, -0.25) is 0 Å². The lowest BCUT2D eigenvalue weighted by Gasteiger charge is -2.33. The second-order valence-electron chi connectivity index (χ2n) is 8.65. The normalized spacial score (nSPS) is 23.8. The zero-order valence-corrected chi connectivity index (χ0v) is 20.4. The van der Waals surface area contributed by atoms with Crippen LogP contribution in [0.15, 0.2) is 27.6 Å². The molecule has 2 saturated heterocycles. The zero-order valence-electron chi connectivity index (χ0n) is 18.7. The number of hydrogen-bond donors (Lipinski definition) is 2. The Morgan fingerprint density at radius 1 is 1.29 bits per heavy atom. The Labute approximate surface area is 206 Å². The molecule has 0 unspecified atom stereocenters. The van der Waals surface area contributed by atoms with Crippen LogP contribution in [0.5, 0.6) is 0 Å². The van der Waals surface area contributed by atoms with Crippen molar-refractivity contribution in [1.82, 2.24) is 25.3 Å². The van der Waals surface area contributed by atoms with Crippen LogP contribution in [0.1, 0.15) is 18.4 Å². The Morgan fingerprint density at radius 2 is 2.09 bits per heavy atom. The maximum absolute atomic E-state index is 14.6. The number of benzene rings is 1. The number of nitrogens with one attached hydrogen (secondary N) is 2. The maximum Gasteiger partial charge on any atom is 0.446 e. The molecule has 2 aliphatic rings. The molecule has 35 heavy (non-hydrogen) atoms. The highest BCUT2D eigenvalue weighted by molar-refractivity contribution is 8.00. The van der Waals surface area contributed by atoms with Crippen molar-refractivity contribution in [2.24, 2.45) is 0 Å². The molecule has 188 valence electrons. The number of carbonyl (C=O) groups is 1. The van der Waals surface area contributed by atoms with E-state index >= 15 is 0 Å². The first-order valence-corrected chi connectivity index (χ1v) is 12.5. The monoisotopic (exact) mass is 530 g/mol. The van der Waals surface area contributed by atoms with Crippen molar-refractivity contribution < 1.29 is 26.9 Å². The minimum absolute atomic E-state index is 0.00496. The van der Waals surface area contributed by atoms with E-state index in [1.54, 1.807) is 25.2 Å².